The van der Waals surface area contributed by atoms with Crippen molar-refractivity contribution < 1.29 is 5.11 Å². The first-order valence-corrected chi connectivity index (χ1v) is 6.46. The number of aromatic amines is 1. The van der Waals surface area contributed by atoms with Gasteiger partial charge < -0.3 is 5.11 Å². The maximum absolute atomic E-state index is 12.4. The van der Waals surface area contributed by atoms with E-state index in [9.17, 15) is 4.79 Å². The van der Waals surface area contributed by atoms with E-state index in [1.54, 1.807) is 4.68 Å². The van der Waals surface area contributed by atoms with Crippen molar-refractivity contribution in [3.63, 3.8) is 0 Å². The van der Waals surface area contributed by atoms with Gasteiger partial charge in [0, 0.05) is 29.7 Å². The quantitative estimate of drug-likeness (QED) is 0.886. The van der Waals surface area contributed by atoms with Crippen LogP contribution in [-0.4, -0.2) is 21.5 Å². The first kappa shape index (κ1) is 13.6. The predicted octanol–water partition coefficient (Wildman–Crippen LogP) is 2.00. The highest BCUT2D eigenvalue weighted by molar-refractivity contribution is 5.34. The van der Waals surface area contributed by atoms with E-state index in [1.807, 2.05) is 30.3 Å². The van der Waals surface area contributed by atoms with E-state index in [0.717, 1.165) is 11.4 Å². The summed E-state index contributed by atoms with van der Waals surface area (Å²) in [6.45, 7) is 6.13. The Balaban J connectivity index is 2.63. The molecule has 0 aliphatic rings. The van der Waals surface area contributed by atoms with Gasteiger partial charge in [0.05, 0.1) is 5.69 Å². The Morgan fingerprint density at radius 3 is 2.37 bits per heavy atom. The smallest absolute Gasteiger partial charge is 0.274 e. The lowest BCUT2D eigenvalue weighted by Crippen LogP contribution is -2.19. The van der Waals surface area contributed by atoms with E-state index in [4.69, 9.17) is 5.11 Å². The number of aliphatic hydroxyl groups excluding tert-OH is 1. The van der Waals surface area contributed by atoms with Gasteiger partial charge in [-0.3, -0.25) is 9.89 Å². The molecule has 19 heavy (non-hydrogen) atoms. The molecule has 1 heterocycles. The van der Waals surface area contributed by atoms with Gasteiger partial charge in [-0.15, -0.1) is 0 Å². The number of H-pyrrole nitrogens is 1. The fourth-order valence-corrected chi connectivity index (χ4v) is 2.19. The second-order valence-electron chi connectivity index (χ2n) is 5.67. The molecule has 0 fully saturated rings. The van der Waals surface area contributed by atoms with Crippen LogP contribution in [0.15, 0.2) is 35.1 Å². The first-order chi connectivity index (χ1) is 8.95. The van der Waals surface area contributed by atoms with Crippen molar-refractivity contribution in [2.24, 2.45) is 0 Å². The van der Waals surface area contributed by atoms with Crippen LogP contribution in [0.3, 0.4) is 0 Å². The number of aliphatic hydroxyl groups is 1. The molecule has 0 saturated heterocycles. The lowest BCUT2D eigenvalue weighted by Gasteiger charge is -2.18. The lowest BCUT2D eigenvalue weighted by atomic mass is 9.89. The normalized spacial score (nSPS) is 11.8. The molecule has 0 spiro atoms. The Morgan fingerprint density at radius 2 is 1.84 bits per heavy atom. The van der Waals surface area contributed by atoms with Gasteiger partial charge >= 0.3 is 0 Å². The van der Waals surface area contributed by atoms with Gasteiger partial charge in [0.25, 0.3) is 5.56 Å². The van der Waals surface area contributed by atoms with Crippen LogP contribution in [0.2, 0.25) is 0 Å². The summed E-state index contributed by atoms with van der Waals surface area (Å²) in [5.41, 5.74) is 2.12. The number of hydrogen-bond acceptors (Lipinski definition) is 2. The number of aromatic nitrogens is 2. The van der Waals surface area contributed by atoms with Crippen LogP contribution < -0.4 is 5.56 Å². The molecule has 0 aliphatic heterocycles. The van der Waals surface area contributed by atoms with E-state index in [0.29, 0.717) is 12.0 Å². The monoisotopic (exact) mass is 260 g/mol. The highest BCUT2D eigenvalue weighted by Crippen LogP contribution is 2.23. The molecular formula is C15H20N2O2. The molecule has 0 atom stereocenters. The van der Waals surface area contributed by atoms with Gasteiger partial charge in [-0.05, 0) is 12.1 Å². The number of rotatable bonds is 3. The zero-order valence-electron chi connectivity index (χ0n) is 11.6. The van der Waals surface area contributed by atoms with Gasteiger partial charge in [0.2, 0.25) is 0 Å². The topological polar surface area (TPSA) is 58.0 Å². The lowest BCUT2D eigenvalue weighted by molar-refractivity contribution is 0.298. The van der Waals surface area contributed by atoms with Gasteiger partial charge in [-0.1, -0.05) is 39.0 Å². The first-order valence-electron chi connectivity index (χ1n) is 6.46. The van der Waals surface area contributed by atoms with Gasteiger partial charge in [0.15, 0.2) is 0 Å². The molecule has 4 heteroatoms. The van der Waals surface area contributed by atoms with Crippen LogP contribution in [0.5, 0.6) is 0 Å². The third kappa shape index (κ3) is 2.63. The molecule has 1 aromatic carbocycles. The van der Waals surface area contributed by atoms with Gasteiger partial charge in [-0.2, -0.15) is 0 Å². The standard InChI is InChI=1S/C15H20N2O2/c1-15(2,3)13-12(9-10-18)14(19)17(16-13)11-7-5-4-6-8-11/h4-8,16,18H,9-10H2,1-3H3. The van der Waals surface area contributed by atoms with E-state index in [-0.39, 0.29) is 17.6 Å². The van der Waals surface area contributed by atoms with Crippen molar-refractivity contribution in [1.82, 2.24) is 9.78 Å². The summed E-state index contributed by atoms with van der Waals surface area (Å²) >= 11 is 0. The third-order valence-electron chi connectivity index (χ3n) is 3.11. The molecule has 0 amide bonds. The summed E-state index contributed by atoms with van der Waals surface area (Å²) in [7, 11) is 0. The highest BCUT2D eigenvalue weighted by atomic mass is 16.3. The average Bonchev–Trinajstić information content (AvgIpc) is 2.69. The van der Waals surface area contributed by atoms with Crippen molar-refractivity contribution in [3.8, 4) is 5.69 Å². The Hall–Kier alpha value is -1.81. The van der Waals surface area contributed by atoms with Crippen LogP contribution >= 0.6 is 0 Å². The minimum Gasteiger partial charge on any atom is -0.396 e. The van der Waals surface area contributed by atoms with Gasteiger partial charge in [-0.25, -0.2) is 4.68 Å². The summed E-state index contributed by atoms with van der Waals surface area (Å²) in [6.07, 6.45) is 0.377. The Morgan fingerprint density at radius 1 is 1.21 bits per heavy atom. The maximum Gasteiger partial charge on any atom is 0.274 e. The molecule has 2 aromatic rings. The summed E-state index contributed by atoms with van der Waals surface area (Å²) in [5, 5.41) is 12.3. The van der Waals surface area contributed by atoms with E-state index < -0.39 is 0 Å². The molecule has 2 N–H and O–H groups in total. The largest absolute Gasteiger partial charge is 0.396 e. The van der Waals surface area contributed by atoms with E-state index in [1.165, 1.54) is 0 Å². The van der Waals surface area contributed by atoms with Crippen molar-refractivity contribution in [2.45, 2.75) is 32.6 Å². The molecule has 0 saturated carbocycles. The minimum absolute atomic E-state index is 0.0229. The molecule has 0 aliphatic carbocycles. The van der Waals surface area contributed by atoms with Gasteiger partial charge in [0.1, 0.15) is 0 Å². The molecule has 102 valence electrons. The van der Waals surface area contributed by atoms with Crippen LogP contribution in [0.25, 0.3) is 5.69 Å². The molecule has 0 unspecified atom stereocenters. The van der Waals surface area contributed by atoms with Crippen molar-refractivity contribution in [3.05, 3.63) is 51.9 Å². The average molecular weight is 260 g/mol. The Labute approximate surface area is 112 Å². The second-order valence-corrected chi connectivity index (χ2v) is 5.67. The maximum atomic E-state index is 12.4. The Bertz CT molecular complexity index is 603. The number of nitrogens with zero attached hydrogens (tertiary/aromatic N) is 1. The van der Waals surface area contributed by atoms with Crippen LogP contribution in [0.1, 0.15) is 32.0 Å². The minimum atomic E-state index is -0.163. The highest BCUT2D eigenvalue weighted by Gasteiger charge is 2.24. The van der Waals surface area contributed by atoms with E-state index in [2.05, 4.69) is 25.9 Å². The summed E-state index contributed by atoms with van der Waals surface area (Å²) in [4.78, 5) is 12.4. The van der Waals surface area contributed by atoms with Crippen molar-refractivity contribution in [1.29, 1.82) is 0 Å². The van der Waals surface area contributed by atoms with Crippen LogP contribution in [0.4, 0.5) is 0 Å². The number of para-hydroxylation sites is 1. The molecule has 4 nitrogen and oxygen atoms in total. The number of hydrogen-bond donors (Lipinski definition) is 2. The van der Waals surface area contributed by atoms with Crippen molar-refractivity contribution in [2.75, 3.05) is 6.61 Å². The molecular weight excluding hydrogens is 240 g/mol. The molecule has 2 rings (SSSR count). The fourth-order valence-electron chi connectivity index (χ4n) is 2.19. The summed E-state index contributed by atoms with van der Waals surface area (Å²) in [5.74, 6) is 0. The molecule has 0 radical (unpaired) electrons. The SMILES string of the molecule is CC(C)(C)c1[nH]n(-c2ccccc2)c(=O)c1CCO. The van der Waals surface area contributed by atoms with E-state index >= 15 is 0 Å². The summed E-state index contributed by atoms with van der Waals surface area (Å²) < 4.78 is 1.55. The summed E-state index contributed by atoms with van der Waals surface area (Å²) in [6, 6.07) is 9.47. The predicted molar refractivity (Wildman–Crippen MR) is 75.9 cm³/mol. The zero-order valence-corrected chi connectivity index (χ0v) is 11.6. The fraction of sp³-hybridized carbons (Fsp3) is 0.400. The number of nitrogens with one attached hydrogen (secondary N) is 1. The van der Waals surface area contributed by atoms with Crippen LogP contribution in [0, 0.1) is 0 Å². The molecule has 0 bridgehead atoms. The number of benzene rings is 1. The van der Waals surface area contributed by atoms with Crippen molar-refractivity contribution >= 4 is 0 Å². The molecule has 1 aromatic heterocycles. The second kappa shape index (κ2) is 5.05. The van der Waals surface area contributed by atoms with Crippen LogP contribution in [-0.2, 0) is 11.8 Å². The zero-order chi connectivity index (χ0) is 14.0. The Kier molecular flexibility index (Phi) is 3.62. The third-order valence-corrected chi connectivity index (χ3v) is 3.11.